The number of alkyl halides is 3. The topological polar surface area (TPSA) is 66.1 Å². The molecule has 0 saturated carbocycles. The Hall–Kier alpha value is -2.68. The summed E-state index contributed by atoms with van der Waals surface area (Å²) in [6.07, 6.45) is -1.54. The molecule has 0 aliphatic heterocycles. The number of carbonyl (C=O) groups excluding carboxylic acids is 1. The first-order valence-corrected chi connectivity index (χ1v) is 6.72. The quantitative estimate of drug-likeness (QED) is 0.579. The molecule has 1 aromatic carbocycles. The van der Waals surface area contributed by atoms with Crippen LogP contribution in [0.5, 0.6) is 0 Å². The molecule has 1 heterocycles. The fourth-order valence-electron chi connectivity index (χ4n) is 1.62. The van der Waals surface area contributed by atoms with Crippen molar-refractivity contribution >= 4 is 28.9 Å². The lowest BCUT2D eigenvalue weighted by atomic mass is 10.2. The number of nitrogens with zero attached hydrogens (tertiary/aromatic N) is 1. The Bertz CT molecular complexity index is 707. The summed E-state index contributed by atoms with van der Waals surface area (Å²) in [5.41, 5.74) is 4.43. The molecule has 0 saturated heterocycles. The predicted molar refractivity (Wildman–Crippen MR) is 82.5 cm³/mol. The van der Waals surface area contributed by atoms with Crippen LogP contribution in [0.3, 0.4) is 0 Å². The standard InChI is InChI=1S/C14H11F3N4OS/c15-14(16,17)10-2-1-3-11(8-10)19-13(23)21-20-12(22)9-4-6-18-7-5-9/h1-8H,(H,20,22)(H2,19,21,23). The van der Waals surface area contributed by atoms with Crippen molar-refractivity contribution in [3.8, 4) is 0 Å². The number of halogens is 3. The zero-order chi connectivity index (χ0) is 16.9. The second-order valence-electron chi connectivity index (χ2n) is 4.35. The van der Waals surface area contributed by atoms with Crippen LogP contribution in [-0.4, -0.2) is 16.0 Å². The summed E-state index contributed by atoms with van der Waals surface area (Å²) < 4.78 is 37.8. The number of hydrazine groups is 1. The molecule has 0 bridgehead atoms. The minimum absolute atomic E-state index is 0.0493. The summed E-state index contributed by atoms with van der Waals surface area (Å²) in [5, 5.41) is 2.51. The molecule has 23 heavy (non-hydrogen) atoms. The summed E-state index contributed by atoms with van der Waals surface area (Å²) in [6, 6.07) is 7.54. The van der Waals surface area contributed by atoms with E-state index in [1.54, 1.807) is 0 Å². The Labute approximate surface area is 134 Å². The van der Waals surface area contributed by atoms with Crippen LogP contribution in [-0.2, 0) is 6.18 Å². The van der Waals surface area contributed by atoms with Gasteiger partial charge in [-0.15, -0.1) is 0 Å². The van der Waals surface area contributed by atoms with Crippen LogP contribution in [0.4, 0.5) is 18.9 Å². The molecule has 9 heteroatoms. The Morgan fingerprint density at radius 3 is 2.43 bits per heavy atom. The zero-order valence-electron chi connectivity index (χ0n) is 11.5. The zero-order valence-corrected chi connectivity index (χ0v) is 12.3. The van der Waals surface area contributed by atoms with Gasteiger partial charge in [-0.25, -0.2) is 0 Å². The first-order chi connectivity index (χ1) is 10.9. The number of aromatic nitrogens is 1. The van der Waals surface area contributed by atoms with Crippen molar-refractivity contribution in [1.82, 2.24) is 15.8 Å². The second-order valence-corrected chi connectivity index (χ2v) is 4.76. The number of thiocarbonyl (C=S) groups is 1. The van der Waals surface area contributed by atoms with Crippen molar-refractivity contribution < 1.29 is 18.0 Å². The van der Waals surface area contributed by atoms with Gasteiger partial charge in [-0.2, -0.15) is 13.2 Å². The molecule has 0 atom stereocenters. The Balaban J connectivity index is 1.92. The van der Waals surface area contributed by atoms with Crippen molar-refractivity contribution in [2.75, 3.05) is 5.32 Å². The van der Waals surface area contributed by atoms with Crippen molar-refractivity contribution in [3.05, 3.63) is 59.9 Å². The molecular weight excluding hydrogens is 329 g/mol. The van der Waals surface area contributed by atoms with Crippen LogP contribution in [0.2, 0.25) is 0 Å². The van der Waals surface area contributed by atoms with Gasteiger partial charge in [-0.05, 0) is 42.5 Å². The number of rotatable bonds is 2. The molecule has 0 radical (unpaired) electrons. The van der Waals surface area contributed by atoms with Crippen molar-refractivity contribution in [3.63, 3.8) is 0 Å². The summed E-state index contributed by atoms with van der Waals surface area (Å²) >= 11 is 4.91. The van der Waals surface area contributed by atoms with Crippen LogP contribution >= 0.6 is 12.2 Å². The average Bonchev–Trinajstić information content (AvgIpc) is 2.53. The lowest BCUT2D eigenvalue weighted by Gasteiger charge is -2.13. The smallest absolute Gasteiger partial charge is 0.331 e. The summed E-state index contributed by atoms with van der Waals surface area (Å²) in [4.78, 5) is 15.5. The third kappa shape index (κ3) is 4.92. The molecule has 0 unspecified atom stereocenters. The first kappa shape index (κ1) is 16.7. The van der Waals surface area contributed by atoms with E-state index in [9.17, 15) is 18.0 Å². The molecule has 1 amide bonds. The highest BCUT2D eigenvalue weighted by atomic mass is 32.1. The van der Waals surface area contributed by atoms with E-state index in [0.29, 0.717) is 5.56 Å². The van der Waals surface area contributed by atoms with Gasteiger partial charge in [0.05, 0.1) is 5.56 Å². The maximum atomic E-state index is 12.6. The minimum atomic E-state index is -4.44. The number of nitrogens with one attached hydrogen (secondary N) is 3. The molecule has 2 aromatic rings. The highest BCUT2D eigenvalue weighted by molar-refractivity contribution is 7.80. The molecule has 3 N–H and O–H groups in total. The van der Waals surface area contributed by atoms with Gasteiger partial charge in [0.15, 0.2) is 5.11 Å². The SMILES string of the molecule is O=C(NNC(=S)Nc1cccc(C(F)(F)F)c1)c1ccncc1. The molecular formula is C14H11F3N4OS. The molecule has 5 nitrogen and oxygen atoms in total. The third-order valence-corrected chi connectivity index (χ3v) is 2.88. The predicted octanol–water partition coefficient (Wildman–Crippen LogP) is 2.73. The van der Waals surface area contributed by atoms with Crippen LogP contribution < -0.4 is 16.2 Å². The maximum absolute atomic E-state index is 12.6. The van der Waals surface area contributed by atoms with Crippen molar-refractivity contribution in [2.45, 2.75) is 6.18 Å². The van der Waals surface area contributed by atoms with Gasteiger partial charge in [-0.1, -0.05) is 6.07 Å². The molecule has 0 fully saturated rings. The average molecular weight is 340 g/mol. The fourth-order valence-corrected chi connectivity index (χ4v) is 1.79. The van der Waals surface area contributed by atoms with E-state index in [4.69, 9.17) is 12.2 Å². The maximum Gasteiger partial charge on any atom is 0.416 e. The Morgan fingerprint density at radius 1 is 1.09 bits per heavy atom. The lowest BCUT2D eigenvalue weighted by Crippen LogP contribution is -2.43. The molecule has 0 aliphatic carbocycles. The van der Waals surface area contributed by atoms with Gasteiger partial charge >= 0.3 is 6.18 Å². The number of carbonyl (C=O) groups is 1. The molecule has 0 spiro atoms. The van der Waals surface area contributed by atoms with E-state index in [-0.39, 0.29) is 10.8 Å². The van der Waals surface area contributed by atoms with E-state index in [0.717, 1.165) is 12.1 Å². The van der Waals surface area contributed by atoms with Crippen LogP contribution in [0.1, 0.15) is 15.9 Å². The molecule has 0 aliphatic rings. The normalized spacial score (nSPS) is 10.7. The van der Waals surface area contributed by atoms with Gasteiger partial charge in [0.25, 0.3) is 5.91 Å². The summed E-state index contributed by atoms with van der Waals surface area (Å²) in [7, 11) is 0. The number of amides is 1. The molecule has 2 rings (SSSR count). The fraction of sp³-hybridized carbons (Fsp3) is 0.0714. The van der Waals surface area contributed by atoms with Crippen LogP contribution in [0, 0.1) is 0 Å². The van der Waals surface area contributed by atoms with E-state index < -0.39 is 17.6 Å². The molecule has 120 valence electrons. The van der Waals surface area contributed by atoms with Crippen LogP contribution in [0.15, 0.2) is 48.8 Å². The second kappa shape index (κ2) is 7.05. The minimum Gasteiger partial charge on any atom is -0.331 e. The number of benzene rings is 1. The highest BCUT2D eigenvalue weighted by Gasteiger charge is 2.30. The number of pyridine rings is 1. The van der Waals surface area contributed by atoms with Gasteiger partial charge in [0, 0.05) is 23.6 Å². The summed E-state index contributed by atoms with van der Waals surface area (Å²) in [6.45, 7) is 0. The van der Waals surface area contributed by atoms with E-state index >= 15 is 0 Å². The highest BCUT2D eigenvalue weighted by Crippen LogP contribution is 2.30. The number of hydrogen-bond acceptors (Lipinski definition) is 3. The van der Waals surface area contributed by atoms with Crippen molar-refractivity contribution in [1.29, 1.82) is 0 Å². The number of hydrogen-bond donors (Lipinski definition) is 3. The van der Waals surface area contributed by atoms with E-state index in [1.807, 2.05) is 0 Å². The van der Waals surface area contributed by atoms with Crippen LogP contribution in [0.25, 0.3) is 0 Å². The van der Waals surface area contributed by atoms with Crippen molar-refractivity contribution in [2.24, 2.45) is 0 Å². The molecule has 1 aromatic heterocycles. The Morgan fingerprint density at radius 2 is 1.78 bits per heavy atom. The third-order valence-electron chi connectivity index (χ3n) is 2.68. The van der Waals surface area contributed by atoms with Gasteiger partial charge < -0.3 is 5.32 Å². The van der Waals surface area contributed by atoms with Gasteiger partial charge in [0.1, 0.15) is 0 Å². The summed E-state index contributed by atoms with van der Waals surface area (Å²) in [5.74, 6) is -0.458. The van der Waals surface area contributed by atoms with Gasteiger partial charge in [0.2, 0.25) is 0 Å². The van der Waals surface area contributed by atoms with E-state index in [2.05, 4.69) is 21.2 Å². The monoisotopic (exact) mass is 340 g/mol. The Kier molecular flexibility index (Phi) is 5.12. The lowest BCUT2D eigenvalue weighted by molar-refractivity contribution is -0.137. The van der Waals surface area contributed by atoms with E-state index in [1.165, 1.54) is 36.7 Å². The first-order valence-electron chi connectivity index (χ1n) is 6.31. The number of anilines is 1. The largest absolute Gasteiger partial charge is 0.416 e. The van der Waals surface area contributed by atoms with Gasteiger partial charge in [-0.3, -0.25) is 20.6 Å².